The normalized spacial score (nSPS) is 15.9. The third kappa shape index (κ3) is 6.45. The molecule has 1 aliphatic heterocycles. The van der Waals surface area contributed by atoms with Crippen molar-refractivity contribution in [3.8, 4) is 0 Å². The van der Waals surface area contributed by atoms with Gasteiger partial charge in [-0.15, -0.1) is 0 Å². The highest BCUT2D eigenvalue weighted by Crippen LogP contribution is 2.19. The van der Waals surface area contributed by atoms with E-state index in [2.05, 4.69) is 20.9 Å². The second-order valence-corrected chi connectivity index (χ2v) is 7.46. The van der Waals surface area contributed by atoms with Gasteiger partial charge in [0.2, 0.25) is 11.8 Å². The number of halogens is 1. The number of nitrogens with one attached hydrogen (secondary N) is 3. The number of aromatic nitrogens is 1. The van der Waals surface area contributed by atoms with E-state index in [1.54, 1.807) is 29.2 Å². The van der Waals surface area contributed by atoms with Gasteiger partial charge in [0.05, 0.1) is 10.9 Å². The van der Waals surface area contributed by atoms with Gasteiger partial charge in [-0.25, -0.2) is 9.78 Å². The largest absolute Gasteiger partial charge is 0.342 e. The smallest absolute Gasteiger partial charge is 0.319 e. The first-order chi connectivity index (χ1) is 14.5. The van der Waals surface area contributed by atoms with Crippen LogP contribution in [0.15, 0.2) is 48.7 Å². The molecule has 9 heteroatoms. The highest BCUT2D eigenvalue weighted by molar-refractivity contribution is 6.30. The first kappa shape index (κ1) is 21.6. The number of rotatable bonds is 6. The Kier molecular flexibility index (Phi) is 7.62. The Bertz CT molecular complexity index is 876. The number of nitrogens with zero attached hydrogens (tertiary/aromatic N) is 2. The summed E-state index contributed by atoms with van der Waals surface area (Å²) in [5, 5.41) is 8.64. The quantitative estimate of drug-likeness (QED) is 0.656. The zero-order valence-corrected chi connectivity index (χ0v) is 17.2. The number of hydrogen-bond acceptors (Lipinski definition) is 4. The summed E-state index contributed by atoms with van der Waals surface area (Å²) in [5.41, 5.74) is 0.682. The van der Waals surface area contributed by atoms with Crippen molar-refractivity contribution in [2.24, 2.45) is 5.92 Å². The van der Waals surface area contributed by atoms with Crippen molar-refractivity contribution in [1.29, 1.82) is 0 Å². The first-order valence-electron chi connectivity index (χ1n) is 9.81. The molecule has 0 radical (unpaired) electrons. The molecule has 2 aromatic rings. The second kappa shape index (κ2) is 10.6. The lowest BCUT2D eigenvalue weighted by Crippen LogP contribution is -2.44. The first-order valence-corrected chi connectivity index (χ1v) is 10.2. The van der Waals surface area contributed by atoms with Crippen LogP contribution in [0, 0.1) is 5.92 Å². The van der Waals surface area contributed by atoms with Crippen molar-refractivity contribution in [3.63, 3.8) is 0 Å². The van der Waals surface area contributed by atoms with Gasteiger partial charge >= 0.3 is 6.03 Å². The van der Waals surface area contributed by atoms with E-state index >= 15 is 0 Å². The summed E-state index contributed by atoms with van der Waals surface area (Å²) < 4.78 is 0. The molecule has 1 fully saturated rings. The number of para-hydroxylation sites is 1. The summed E-state index contributed by atoms with van der Waals surface area (Å²) in [5.74, 6) is -0.115. The van der Waals surface area contributed by atoms with Crippen LogP contribution in [0.4, 0.5) is 16.3 Å². The number of benzene rings is 1. The fraction of sp³-hybridized carbons (Fsp3) is 0.333. The van der Waals surface area contributed by atoms with Crippen LogP contribution >= 0.6 is 11.6 Å². The number of likely N-dealkylation sites (tertiary alicyclic amines) is 1. The lowest BCUT2D eigenvalue weighted by atomic mass is 9.97. The van der Waals surface area contributed by atoms with Crippen LogP contribution < -0.4 is 16.0 Å². The topological polar surface area (TPSA) is 103 Å². The van der Waals surface area contributed by atoms with Gasteiger partial charge in [-0.3, -0.25) is 9.59 Å². The van der Waals surface area contributed by atoms with Crippen molar-refractivity contribution >= 4 is 41.0 Å². The average molecular weight is 430 g/mol. The Hall–Kier alpha value is -3.13. The average Bonchev–Trinajstić information content (AvgIpc) is 2.76. The molecule has 0 saturated carbocycles. The van der Waals surface area contributed by atoms with E-state index in [1.165, 1.54) is 6.20 Å². The predicted octanol–water partition coefficient (Wildman–Crippen LogP) is 3.12. The van der Waals surface area contributed by atoms with Crippen molar-refractivity contribution < 1.29 is 14.4 Å². The highest BCUT2D eigenvalue weighted by Gasteiger charge is 2.28. The van der Waals surface area contributed by atoms with Gasteiger partial charge in [-0.2, -0.15) is 0 Å². The van der Waals surface area contributed by atoms with Gasteiger partial charge < -0.3 is 20.9 Å². The van der Waals surface area contributed by atoms with E-state index in [9.17, 15) is 14.4 Å². The van der Waals surface area contributed by atoms with Crippen molar-refractivity contribution in [2.45, 2.75) is 19.3 Å². The summed E-state index contributed by atoms with van der Waals surface area (Å²) in [7, 11) is 0. The molecule has 1 atom stereocenters. The number of anilines is 2. The number of amides is 4. The minimum absolute atomic E-state index is 0.0860. The molecule has 1 unspecified atom stereocenters. The molecule has 2 heterocycles. The maximum atomic E-state index is 12.5. The van der Waals surface area contributed by atoms with E-state index < -0.39 is 0 Å². The Morgan fingerprint density at radius 3 is 2.63 bits per heavy atom. The van der Waals surface area contributed by atoms with Crippen LogP contribution in [0.5, 0.6) is 0 Å². The van der Waals surface area contributed by atoms with E-state index in [0.717, 1.165) is 6.42 Å². The van der Waals surface area contributed by atoms with Crippen molar-refractivity contribution in [3.05, 3.63) is 53.7 Å². The lowest BCUT2D eigenvalue weighted by molar-refractivity contribution is -0.134. The third-order valence-corrected chi connectivity index (χ3v) is 5.00. The molecule has 30 heavy (non-hydrogen) atoms. The maximum Gasteiger partial charge on any atom is 0.319 e. The maximum absolute atomic E-state index is 12.5. The summed E-state index contributed by atoms with van der Waals surface area (Å²) in [4.78, 5) is 42.6. The van der Waals surface area contributed by atoms with Crippen LogP contribution in [0.3, 0.4) is 0 Å². The SMILES string of the molecule is O=C(NCCC(=O)N1CCCC(C(=O)Nc2ccc(Cl)cn2)C1)Nc1ccccc1. The summed E-state index contributed by atoms with van der Waals surface area (Å²) in [6.07, 6.45) is 3.10. The molecular weight excluding hydrogens is 406 g/mol. The molecule has 4 amide bonds. The molecule has 3 N–H and O–H groups in total. The molecule has 8 nitrogen and oxygen atoms in total. The van der Waals surface area contributed by atoms with Crippen LogP contribution in [0.25, 0.3) is 0 Å². The molecule has 1 aliphatic rings. The number of urea groups is 1. The van der Waals surface area contributed by atoms with Crippen LogP contribution in [-0.4, -0.2) is 47.4 Å². The minimum atomic E-state index is -0.361. The number of piperidine rings is 1. The third-order valence-electron chi connectivity index (χ3n) is 4.78. The molecule has 3 rings (SSSR count). The fourth-order valence-corrected chi connectivity index (χ4v) is 3.35. The number of carbonyl (C=O) groups is 3. The van der Waals surface area contributed by atoms with Gasteiger partial charge in [-0.1, -0.05) is 29.8 Å². The van der Waals surface area contributed by atoms with E-state index in [1.807, 2.05) is 18.2 Å². The van der Waals surface area contributed by atoms with Gasteiger partial charge in [0, 0.05) is 37.9 Å². The summed E-state index contributed by atoms with van der Waals surface area (Å²) in [6, 6.07) is 12.0. The Balaban J connectivity index is 1.41. The molecule has 158 valence electrons. The van der Waals surface area contributed by atoms with Gasteiger partial charge in [0.1, 0.15) is 5.82 Å². The zero-order chi connectivity index (χ0) is 21.3. The van der Waals surface area contributed by atoms with Gasteiger partial charge in [0.15, 0.2) is 0 Å². The lowest BCUT2D eigenvalue weighted by Gasteiger charge is -2.32. The number of hydrogen-bond donors (Lipinski definition) is 3. The Labute approximate surface area is 180 Å². The molecule has 0 spiro atoms. The monoisotopic (exact) mass is 429 g/mol. The zero-order valence-electron chi connectivity index (χ0n) is 16.4. The van der Waals surface area contributed by atoms with Crippen LogP contribution in [0.2, 0.25) is 5.02 Å². The summed E-state index contributed by atoms with van der Waals surface area (Å²) >= 11 is 5.80. The van der Waals surface area contributed by atoms with E-state index in [-0.39, 0.29) is 36.7 Å². The molecular formula is C21H24ClN5O3. The Morgan fingerprint density at radius 2 is 1.90 bits per heavy atom. The number of pyridine rings is 1. The molecule has 0 aliphatic carbocycles. The van der Waals surface area contributed by atoms with Crippen molar-refractivity contribution in [1.82, 2.24) is 15.2 Å². The van der Waals surface area contributed by atoms with E-state index in [0.29, 0.717) is 36.0 Å². The standard InChI is InChI=1S/C21H24ClN5O3/c22-16-8-9-18(24-13-16)26-20(29)15-5-4-12-27(14-15)19(28)10-11-23-21(30)25-17-6-2-1-3-7-17/h1-3,6-9,13,15H,4-5,10-12,14H2,(H2,23,25,30)(H,24,26,29). The second-order valence-electron chi connectivity index (χ2n) is 7.03. The predicted molar refractivity (Wildman–Crippen MR) is 115 cm³/mol. The van der Waals surface area contributed by atoms with E-state index in [4.69, 9.17) is 11.6 Å². The van der Waals surface area contributed by atoms with Gasteiger partial charge in [0.25, 0.3) is 0 Å². The molecule has 1 aromatic heterocycles. The van der Waals surface area contributed by atoms with Crippen molar-refractivity contribution in [2.75, 3.05) is 30.3 Å². The summed E-state index contributed by atoms with van der Waals surface area (Å²) in [6.45, 7) is 1.19. The highest BCUT2D eigenvalue weighted by atomic mass is 35.5. The van der Waals surface area contributed by atoms with Crippen LogP contribution in [-0.2, 0) is 9.59 Å². The molecule has 0 bridgehead atoms. The van der Waals surface area contributed by atoms with Gasteiger partial charge in [-0.05, 0) is 37.1 Å². The number of carbonyl (C=O) groups excluding carboxylic acids is 3. The minimum Gasteiger partial charge on any atom is -0.342 e. The molecule has 1 saturated heterocycles. The molecule has 1 aromatic carbocycles. The fourth-order valence-electron chi connectivity index (χ4n) is 3.23. The Morgan fingerprint density at radius 1 is 1.10 bits per heavy atom. The van der Waals surface area contributed by atoms with Crippen LogP contribution in [0.1, 0.15) is 19.3 Å².